The van der Waals surface area contributed by atoms with Crippen LogP contribution in [0.4, 0.5) is 14.5 Å². The van der Waals surface area contributed by atoms with Crippen molar-refractivity contribution in [3.63, 3.8) is 0 Å². The molecule has 0 bridgehead atoms. The Morgan fingerprint density at radius 2 is 2.27 bits per heavy atom. The first-order valence-electron chi connectivity index (χ1n) is 4.84. The molecule has 1 atom stereocenters. The van der Waals surface area contributed by atoms with Crippen LogP contribution in [0.5, 0.6) is 0 Å². The Morgan fingerprint density at radius 1 is 1.53 bits per heavy atom. The van der Waals surface area contributed by atoms with Gasteiger partial charge in [0, 0.05) is 22.9 Å². The second-order valence-electron chi connectivity index (χ2n) is 4.17. The predicted molar refractivity (Wildman–Crippen MR) is 60.6 cm³/mol. The van der Waals surface area contributed by atoms with E-state index in [0.29, 0.717) is 6.54 Å². The summed E-state index contributed by atoms with van der Waals surface area (Å²) in [4.78, 5) is 0. The van der Waals surface area contributed by atoms with Crippen molar-refractivity contribution in [3.05, 3.63) is 28.2 Å². The van der Waals surface area contributed by atoms with E-state index >= 15 is 0 Å². The lowest BCUT2D eigenvalue weighted by atomic mass is 9.81. The summed E-state index contributed by atoms with van der Waals surface area (Å²) in [6.45, 7) is 2.46. The summed E-state index contributed by atoms with van der Waals surface area (Å²) < 4.78 is 25.9. The predicted octanol–water partition coefficient (Wildman–Crippen LogP) is 3.79. The number of anilines is 1. The van der Waals surface area contributed by atoms with Gasteiger partial charge in [-0.15, -0.1) is 0 Å². The Kier molecular flexibility index (Phi) is 2.71. The summed E-state index contributed by atoms with van der Waals surface area (Å²) in [5.41, 5.74) is 1.49. The third-order valence-corrected chi connectivity index (χ3v) is 3.58. The van der Waals surface area contributed by atoms with Crippen molar-refractivity contribution in [1.82, 2.24) is 0 Å². The van der Waals surface area contributed by atoms with E-state index in [4.69, 9.17) is 0 Å². The molecule has 1 aromatic carbocycles. The molecule has 1 N–H and O–H groups in total. The molecule has 82 valence electrons. The van der Waals surface area contributed by atoms with Crippen molar-refractivity contribution >= 4 is 21.6 Å². The molecule has 1 aromatic rings. The van der Waals surface area contributed by atoms with Gasteiger partial charge in [0.05, 0.1) is 5.69 Å². The van der Waals surface area contributed by atoms with Crippen LogP contribution in [0.1, 0.15) is 18.9 Å². The third-order valence-electron chi connectivity index (χ3n) is 2.92. The van der Waals surface area contributed by atoms with Crippen molar-refractivity contribution in [2.24, 2.45) is 0 Å². The number of benzene rings is 1. The zero-order valence-electron chi connectivity index (χ0n) is 8.36. The maximum absolute atomic E-state index is 12.5. The molecule has 0 fully saturated rings. The van der Waals surface area contributed by atoms with Crippen LogP contribution in [0.3, 0.4) is 0 Å². The molecule has 1 nitrogen and oxygen atoms in total. The highest BCUT2D eigenvalue weighted by atomic mass is 79.9. The van der Waals surface area contributed by atoms with Gasteiger partial charge in [0.15, 0.2) is 0 Å². The van der Waals surface area contributed by atoms with Gasteiger partial charge in [-0.1, -0.05) is 19.1 Å². The van der Waals surface area contributed by atoms with Gasteiger partial charge in [-0.2, -0.15) is 0 Å². The number of fused-ring (bicyclic) bond motifs is 1. The van der Waals surface area contributed by atoms with E-state index in [9.17, 15) is 8.78 Å². The van der Waals surface area contributed by atoms with Gasteiger partial charge >= 0.3 is 0 Å². The zero-order valence-corrected chi connectivity index (χ0v) is 9.94. The van der Waals surface area contributed by atoms with Gasteiger partial charge in [-0.25, -0.2) is 8.78 Å². The maximum atomic E-state index is 12.5. The average molecular weight is 276 g/mol. The minimum Gasteiger partial charge on any atom is -0.383 e. The third kappa shape index (κ3) is 1.87. The molecule has 0 saturated carbocycles. The van der Waals surface area contributed by atoms with Gasteiger partial charge in [0.25, 0.3) is 0 Å². The van der Waals surface area contributed by atoms with Crippen molar-refractivity contribution in [1.29, 1.82) is 0 Å². The van der Waals surface area contributed by atoms with E-state index in [-0.39, 0.29) is 6.42 Å². The van der Waals surface area contributed by atoms with Crippen molar-refractivity contribution < 1.29 is 8.78 Å². The van der Waals surface area contributed by atoms with Crippen LogP contribution in [-0.4, -0.2) is 13.0 Å². The highest BCUT2D eigenvalue weighted by molar-refractivity contribution is 9.10. The SMILES string of the molecule is CC1(CC(F)F)CNc2c(Br)cccc21. The quantitative estimate of drug-likeness (QED) is 0.866. The number of nitrogens with one attached hydrogen (secondary N) is 1. The van der Waals surface area contributed by atoms with Crippen LogP contribution < -0.4 is 5.32 Å². The second-order valence-corrected chi connectivity index (χ2v) is 5.03. The van der Waals surface area contributed by atoms with Crippen LogP contribution in [0.25, 0.3) is 0 Å². The molecule has 0 aromatic heterocycles. The normalized spacial score (nSPS) is 24.1. The summed E-state index contributed by atoms with van der Waals surface area (Å²) in [7, 11) is 0. The molecule has 0 spiro atoms. The fourth-order valence-electron chi connectivity index (χ4n) is 2.11. The first kappa shape index (κ1) is 10.9. The molecule has 0 saturated heterocycles. The number of rotatable bonds is 2. The lowest BCUT2D eigenvalue weighted by Gasteiger charge is -2.23. The lowest BCUT2D eigenvalue weighted by molar-refractivity contribution is 0.111. The number of alkyl halides is 2. The largest absolute Gasteiger partial charge is 0.383 e. The van der Waals surface area contributed by atoms with Crippen LogP contribution in [0, 0.1) is 0 Å². The summed E-state index contributed by atoms with van der Waals surface area (Å²) in [5.74, 6) is 0. The monoisotopic (exact) mass is 275 g/mol. The maximum Gasteiger partial charge on any atom is 0.239 e. The molecular formula is C11H12BrF2N. The standard InChI is InChI=1S/C11H12BrF2N/c1-11(5-9(13)14)6-15-10-7(11)3-2-4-8(10)12/h2-4,9,15H,5-6H2,1H3. The van der Waals surface area contributed by atoms with E-state index in [1.54, 1.807) is 0 Å². The van der Waals surface area contributed by atoms with E-state index in [1.165, 1.54) is 0 Å². The number of hydrogen-bond donors (Lipinski definition) is 1. The highest BCUT2D eigenvalue weighted by Gasteiger charge is 2.37. The van der Waals surface area contributed by atoms with E-state index in [2.05, 4.69) is 21.2 Å². The van der Waals surface area contributed by atoms with Gasteiger partial charge in [-0.05, 0) is 27.6 Å². The van der Waals surface area contributed by atoms with Crippen LogP contribution in [-0.2, 0) is 5.41 Å². The Labute approximate surface area is 96.0 Å². The lowest BCUT2D eigenvalue weighted by Crippen LogP contribution is -2.27. The summed E-state index contributed by atoms with van der Waals surface area (Å²) in [6, 6.07) is 5.72. The Balaban J connectivity index is 2.39. The minimum absolute atomic E-state index is 0.0938. The van der Waals surface area contributed by atoms with Crippen LogP contribution in [0.15, 0.2) is 22.7 Å². The molecule has 1 unspecified atom stereocenters. The molecule has 1 aliphatic rings. The molecule has 2 rings (SSSR count). The molecule has 0 radical (unpaired) electrons. The van der Waals surface area contributed by atoms with Crippen LogP contribution >= 0.6 is 15.9 Å². The molecule has 1 aliphatic heterocycles. The Bertz CT molecular complexity index is 381. The Hall–Kier alpha value is -0.640. The van der Waals surface area contributed by atoms with Gasteiger partial charge < -0.3 is 5.32 Å². The summed E-state index contributed by atoms with van der Waals surface area (Å²) >= 11 is 3.42. The fourth-order valence-corrected chi connectivity index (χ4v) is 2.61. The average Bonchev–Trinajstić information content (AvgIpc) is 2.44. The molecule has 15 heavy (non-hydrogen) atoms. The first-order chi connectivity index (χ1) is 7.03. The number of para-hydroxylation sites is 1. The van der Waals surface area contributed by atoms with Crippen molar-refractivity contribution in [2.45, 2.75) is 25.2 Å². The van der Waals surface area contributed by atoms with E-state index in [1.807, 2.05) is 25.1 Å². The van der Waals surface area contributed by atoms with Crippen molar-refractivity contribution in [2.75, 3.05) is 11.9 Å². The van der Waals surface area contributed by atoms with E-state index in [0.717, 1.165) is 15.7 Å². The van der Waals surface area contributed by atoms with Gasteiger partial charge in [-0.3, -0.25) is 0 Å². The number of hydrogen-bond acceptors (Lipinski definition) is 1. The molecular weight excluding hydrogens is 264 g/mol. The van der Waals surface area contributed by atoms with Crippen LogP contribution in [0.2, 0.25) is 0 Å². The molecule has 0 aliphatic carbocycles. The minimum atomic E-state index is -2.26. The number of halogens is 3. The van der Waals surface area contributed by atoms with Crippen molar-refractivity contribution in [3.8, 4) is 0 Å². The summed E-state index contributed by atoms with van der Waals surface area (Å²) in [5, 5.41) is 3.18. The molecule has 1 heterocycles. The first-order valence-corrected chi connectivity index (χ1v) is 5.63. The van der Waals surface area contributed by atoms with E-state index < -0.39 is 11.8 Å². The topological polar surface area (TPSA) is 12.0 Å². The Morgan fingerprint density at radius 3 is 2.93 bits per heavy atom. The second kappa shape index (κ2) is 3.74. The smallest absolute Gasteiger partial charge is 0.239 e. The zero-order chi connectivity index (χ0) is 11.1. The van der Waals surface area contributed by atoms with Gasteiger partial charge in [0.2, 0.25) is 6.43 Å². The highest BCUT2D eigenvalue weighted by Crippen LogP contribution is 2.43. The fraction of sp³-hybridized carbons (Fsp3) is 0.455. The summed E-state index contributed by atoms with van der Waals surface area (Å²) in [6.07, 6.45) is -2.36. The molecule has 0 amide bonds. The molecule has 4 heteroatoms. The van der Waals surface area contributed by atoms with Gasteiger partial charge in [0.1, 0.15) is 0 Å².